The second-order valence-electron chi connectivity index (χ2n) is 8.84. The van der Waals surface area contributed by atoms with Gasteiger partial charge < -0.3 is 9.84 Å². The standard InChI is InChI=1S/C26H29ClN4O4/c1-17(2)20-7-4-6-19(14-20)16-35-25-28-23-22(31(25)15-18-8-10-21(27)11-9-18)24(33)30(12-5-13-32)26(34)29(23)3/h4,6-11,14,17,32H,5,12-13,15-16H2,1-3H3. The van der Waals surface area contributed by atoms with E-state index in [0.717, 1.165) is 15.7 Å². The van der Waals surface area contributed by atoms with Crippen LogP contribution in [0.5, 0.6) is 6.01 Å². The molecule has 0 spiro atoms. The van der Waals surface area contributed by atoms with E-state index in [1.807, 2.05) is 24.3 Å². The molecule has 4 rings (SSSR count). The fraction of sp³-hybridized carbons (Fsp3) is 0.346. The van der Waals surface area contributed by atoms with Crippen LogP contribution in [0.2, 0.25) is 5.02 Å². The average molecular weight is 497 g/mol. The van der Waals surface area contributed by atoms with Crippen LogP contribution in [0.25, 0.3) is 11.2 Å². The fourth-order valence-electron chi connectivity index (χ4n) is 4.00. The molecule has 0 aliphatic heterocycles. The molecule has 0 bridgehead atoms. The van der Waals surface area contributed by atoms with E-state index in [9.17, 15) is 14.7 Å². The van der Waals surface area contributed by atoms with Crippen LogP contribution in [0.3, 0.4) is 0 Å². The zero-order valence-electron chi connectivity index (χ0n) is 20.1. The van der Waals surface area contributed by atoms with Crippen molar-refractivity contribution in [2.45, 2.75) is 45.9 Å². The molecular weight excluding hydrogens is 468 g/mol. The Kier molecular flexibility index (Phi) is 7.42. The van der Waals surface area contributed by atoms with Gasteiger partial charge in [0.25, 0.3) is 11.6 Å². The molecule has 184 valence electrons. The maximum atomic E-state index is 13.4. The lowest BCUT2D eigenvalue weighted by Crippen LogP contribution is -2.39. The number of hydrogen-bond donors (Lipinski definition) is 1. The number of benzene rings is 2. The van der Waals surface area contributed by atoms with Crippen molar-refractivity contribution in [2.24, 2.45) is 7.05 Å². The van der Waals surface area contributed by atoms with Crippen LogP contribution in [0, 0.1) is 0 Å². The van der Waals surface area contributed by atoms with Gasteiger partial charge in [0.2, 0.25) is 0 Å². The molecule has 0 amide bonds. The highest BCUT2D eigenvalue weighted by Crippen LogP contribution is 2.23. The SMILES string of the molecule is CC(C)c1cccc(COc2nc3c(c(=O)n(CCCO)c(=O)n3C)n2Cc2ccc(Cl)cc2)c1. The quantitative estimate of drug-likeness (QED) is 0.381. The molecule has 0 aliphatic rings. The van der Waals surface area contributed by atoms with Gasteiger partial charge in [-0.2, -0.15) is 4.98 Å². The molecule has 0 radical (unpaired) electrons. The number of hydrogen-bond acceptors (Lipinski definition) is 5. The lowest BCUT2D eigenvalue weighted by Gasteiger charge is -2.12. The van der Waals surface area contributed by atoms with Crippen LogP contribution < -0.4 is 16.0 Å². The zero-order chi connectivity index (χ0) is 25.1. The number of rotatable bonds is 9. The highest BCUT2D eigenvalue weighted by Gasteiger charge is 2.21. The van der Waals surface area contributed by atoms with Crippen LogP contribution in [0.4, 0.5) is 0 Å². The van der Waals surface area contributed by atoms with Gasteiger partial charge in [-0.3, -0.25) is 18.5 Å². The summed E-state index contributed by atoms with van der Waals surface area (Å²) in [5.74, 6) is 0.386. The molecule has 8 nitrogen and oxygen atoms in total. The first kappa shape index (κ1) is 24.8. The molecule has 35 heavy (non-hydrogen) atoms. The smallest absolute Gasteiger partial charge is 0.332 e. The van der Waals surface area contributed by atoms with Gasteiger partial charge in [-0.05, 0) is 41.2 Å². The molecule has 2 aromatic heterocycles. The monoisotopic (exact) mass is 496 g/mol. The van der Waals surface area contributed by atoms with Gasteiger partial charge in [-0.15, -0.1) is 0 Å². The number of imidazole rings is 1. The van der Waals surface area contributed by atoms with Crippen molar-refractivity contribution in [1.29, 1.82) is 0 Å². The molecular formula is C26H29ClN4O4. The molecule has 0 fully saturated rings. The van der Waals surface area contributed by atoms with Crippen molar-refractivity contribution < 1.29 is 9.84 Å². The Labute approximate surface area is 208 Å². The van der Waals surface area contributed by atoms with Crippen molar-refractivity contribution in [1.82, 2.24) is 18.7 Å². The summed E-state index contributed by atoms with van der Waals surface area (Å²) in [6, 6.07) is 15.7. The highest BCUT2D eigenvalue weighted by atomic mass is 35.5. The van der Waals surface area contributed by atoms with Crippen molar-refractivity contribution in [2.75, 3.05) is 6.61 Å². The minimum absolute atomic E-state index is 0.113. The molecule has 4 aromatic rings. The number of ether oxygens (including phenoxy) is 1. The lowest BCUT2D eigenvalue weighted by atomic mass is 10.0. The lowest BCUT2D eigenvalue weighted by molar-refractivity contribution is 0.270. The van der Waals surface area contributed by atoms with Gasteiger partial charge in [0.05, 0.1) is 6.54 Å². The van der Waals surface area contributed by atoms with E-state index in [1.54, 1.807) is 23.7 Å². The predicted molar refractivity (Wildman–Crippen MR) is 136 cm³/mol. The van der Waals surface area contributed by atoms with E-state index >= 15 is 0 Å². The molecule has 0 saturated carbocycles. The average Bonchev–Trinajstić information content (AvgIpc) is 3.21. The summed E-state index contributed by atoms with van der Waals surface area (Å²) < 4.78 is 10.3. The van der Waals surface area contributed by atoms with Crippen molar-refractivity contribution in [3.63, 3.8) is 0 Å². The van der Waals surface area contributed by atoms with E-state index in [4.69, 9.17) is 16.3 Å². The molecule has 0 aliphatic carbocycles. The van der Waals surface area contributed by atoms with Crippen LogP contribution in [0.1, 0.15) is 42.9 Å². The topological polar surface area (TPSA) is 91.3 Å². The molecule has 0 unspecified atom stereocenters. The molecule has 2 heterocycles. The Morgan fingerprint density at radius 3 is 2.49 bits per heavy atom. The molecule has 9 heteroatoms. The predicted octanol–water partition coefficient (Wildman–Crippen LogP) is 3.68. The van der Waals surface area contributed by atoms with Crippen molar-refractivity contribution in [3.8, 4) is 6.01 Å². The third-order valence-electron chi connectivity index (χ3n) is 5.98. The second kappa shape index (κ2) is 10.5. The number of aryl methyl sites for hydroxylation is 1. The van der Waals surface area contributed by atoms with Crippen molar-refractivity contribution in [3.05, 3.63) is 91.1 Å². The molecule has 0 saturated heterocycles. The zero-order valence-corrected chi connectivity index (χ0v) is 20.8. The van der Waals surface area contributed by atoms with Gasteiger partial charge in [-0.1, -0.05) is 61.8 Å². The summed E-state index contributed by atoms with van der Waals surface area (Å²) in [6.07, 6.45) is 0.293. The summed E-state index contributed by atoms with van der Waals surface area (Å²) >= 11 is 6.05. The van der Waals surface area contributed by atoms with E-state index in [0.29, 0.717) is 23.9 Å². The van der Waals surface area contributed by atoms with Crippen LogP contribution in [-0.4, -0.2) is 30.4 Å². The first-order valence-corrected chi connectivity index (χ1v) is 11.9. The summed E-state index contributed by atoms with van der Waals surface area (Å²) in [6.45, 7) is 4.82. The third-order valence-corrected chi connectivity index (χ3v) is 6.23. The maximum Gasteiger partial charge on any atom is 0.332 e. The normalized spacial score (nSPS) is 11.5. The van der Waals surface area contributed by atoms with Crippen molar-refractivity contribution >= 4 is 22.8 Å². The molecule has 2 aromatic carbocycles. The maximum absolute atomic E-state index is 13.4. The van der Waals surface area contributed by atoms with Crippen LogP contribution in [-0.2, 0) is 26.7 Å². The highest BCUT2D eigenvalue weighted by molar-refractivity contribution is 6.30. The number of aliphatic hydroxyl groups is 1. The summed E-state index contributed by atoms with van der Waals surface area (Å²) in [5.41, 5.74) is 2.66. The Balaban J connectivity index is 1.82. The Hall–Kier alpha value is -3.36. The van der Waals surface area contributed by atoms with Gasteiger partial charge >= 0.3 is 5.69 Å². The largest absolute Gasteiger partial charge is 0.460 e. The van der Waals surface area contributed by atoms with Gasteiger partial charge in [0, 0.05) is 25.2 Å². The molecule has 1 N–H and O–H groups in total. The Morgan fingerprint density at radius 1 is 1.06 bits per heavy atom. The Morgan fingerprint density at radius 2 is 1.80 bits per heavy atom. The van der Waals surface area contributed by atoms with Gasteiger partial charge in [0.15, 0.2) is 11.2 Å². The number of aromatic nitrogens is 4. The first-order valence-electron chi connectivity index (χ1n) is 11.6. The van der Waals surface area contributed by atoms with Crippen LogP contribution >= 0.6 is 11.6 Å². The number of fused-ring (bicyclic) bond motifs is 1. The van der Waals surface area contributed by atoms with Gasteiger partial charge in [0.1, 0.15) is 6.61 Å². The van der Waals surface area contributed by atoms with Gasteiger partial charge in [-0.25, -0.2) is 4.79 Å². The number of halogens is 1. The summed E-state index contributed by atoms with van der Waals surface area (Å²) in [5, 5.41) is 9.84. The summed E-state index contributed by atoms with van der Waals surface area (Å²) in [7, 11) is 1.58. The van der Waals surface area contributed by atoms with E-state index in [2.05, 4.69) is 31.0 Å². The summed E-state index contributed by atoms with van der Waals surface area (Å²) in [4.78, 5) is 30.8. The second-order valence-corrected chi connectivity index (χ2v) is 9.28. The van der Waals surface area contributed by atoms with E-state index in [1.165, 1.54) is 10.1 Å². The number of nitrogens with zero attached hydrogens (tertiary/aromatic N) is 4. The fourth-order valence-corrected chi connectivity index (χ4v) is 4.12. The third kappa shape index (κ3) is 5.18. The van der Waals surface area contributed by atoms with Crippen LogP contribution in [0.15, 0.2) is 58.1 Å². The Bertz CT molecular complexity index is 1450. The first-order chi connectivity index (χ1) is 16.8. The molecule has 0 atom stereocenters. The minimum Gasteiger partial charge on any atom is -0.460 e. The van der Waals surface area contributed by atoms with E-state index in [-0.39, 0.29) is 36.9 Å². The number of aliphatic hydroxyl groups excluding tert-OH is 1. The minimum atomic E-state index is -0.483. The van der Waals surface area contributed by atoms with E-state index < -0.39 is 11.2 Å².